The molecule has 0 aliphatic carbocycles. The van der Waals surface area contributed by atoms with Crippen LogP contribution in [0.25, 0.3) is 0 Å². The summed E-state index contributed by atoms with van der Waals surface area (Å²) < 4.78 is 90.6. The van der Waals surface area contributed by atoms with Gasteiger partial charge in [0.2, 0.25) is 6.10 Å². The molecule has 21 heavy (non-hydrogen) atoms. The minimum Gasteiger partial charge on any atom is -0.389 e. The Hall–Kier alpha value is -1.42. The first kappa shape index (κ1) is 17.6. The minimum atomic E-state index is -5.65. The largest absolute Gasteiger partial charge is 0.423 e. The molecular formula is C11H8F7NOS. The van der Waals surface area contributed by atoms with Gasteiger partial charge in [0.15, 0.2) is 0 Å². The second-order valence-electron chi connectivity index (χ2n) is 3.94. The molecule has 1 aromatic carbocycles. The van der Waals surface area contributed by atoms with Crippen molar-refractivity contribution in [2.24, 2.45) is 5.73 Å². The molecule has 10 heteroatoms. The normalized spacial score (nSPS) is 12.8. The average Bonchev–Trinajstić information content (AvgIpc) is 2.27. The SMILES string of the molecule is NC(=S)c1ccc(COC(C(F)(F)F)C(F)(F)F)c(F)c1. The van der Waals surface area contributed by atoms with E-state index < -0.39 is 36.4 Å². The third kappa shape index (κ3) is 4.81. The van der Waals surface area contributed by atoms with E-state index >= 15 is 0 Å². The second-order valence-corrected chi connectivity index (χ2v) is 4.38. The summed E-state index contributed by atoms with van der Waals surface area (Å²) in [4.78, 5) is -0.162. The molecule has 0 unspecified atom stereocenters. The van der Waals surface area contributed by atoms with E-state index in [-0.39, 0.29) is 10.6 Å². The molecule has 0 amide bonds. The number of hydrogen-bond acceptors (Lipinski definition) is 2. The predicted octanol–water partition coefficient (Wildman–Crippen LogP) is 3.47. The van der Waals surface area contributed by atoms with E-state index in [0.29, 0.717) is 0 Å². The Kier molecular flexibility index (Phi) is 5.16. The van der Waals surface area contributed by atoms with E-state index in [2.05, 4.69) is 17.0 Å². The van der Waals surface area contributed by atoms with Crippen molar-refractivity contribution in [3.05, 3.63) is 35.1 Å². The number of alkyl halides is 6. The molecule has 2 N–H and O–H groups in total. The molecule has 2 nitrogen and oxygen atoms in total. The van der Waals surface area contributed by atoms with Gasteiger partial charge in [0.1, 0.15) is 10.8 Å². The van der Waals surface area contributed by atoms with Crippen LogP contribution in [0.4, 0.5) is 30.7 Å². The van der Waals surface area contributed by atoms with Crippen LogP contribution in [0.3, 0.4) is 0 Å². The first-order valence-corrected chi connectivity index (χ1v) is 5.67. The summed E-state index contributed by atoms with van der Waals surface area (Å²) in [5.41, 5.74) is 4.82. The first-order chi connectivity index (χ1) is 9.43. The fraction of sp³-hybridized carbons (Fsp3) is 0.364. The Labute approximate surface area is 119 Å². The van der Waals surface area contributed by atoms with Crippen molar-refractivity contribution >= 4 is 17.2 Å². The van der Waals surface area contributed by atoms with Crippen LogP contribution in [0, 0.1) is 5.82 Å². The van der Waals surface area contributed by atoms with Crippen LogP contribution >= 0.6 is 12.2 Å². The lowest BCUT2D eigenvalue weighted by atomic mass is 10.1. The van der Waals surface area contributed by atoms with E-state index in [0.717, 1.165) is 12.1 Å². The van der Waals surface area contributed by atoms with Crippen molar-refractivity contribution in [3.8, 4) is 0 Å². The Morgan fingerprint density at radius 1 is 1.14 bits per heavy atom. The van der Waals surface area contributed by atoms with Crippen molar-refractivity contribution in [2.75, 3.05) is 0 Å². The molecule has 0 heterocycles. The number of thiocarbonyl (C=S) groups is 1. The van der Waals surface area contributed by atoms with Crippen LogP contribution in [0.1, 0.15) is 11.1 Å². The zero-order valence-corrected chi connectivity index (χ0v) is 10.9. The molecule has 0 spiro atoms. The van der Waals surface area contributed by atoms with E-state index in [1.54, 1.807) is 0 Å². The maximum Gasteiger partial charge on any atom is 0.423 e. The molecule has 118 valence electrons. The highest BCUT2D eigenvalue weighted by molar-refractivity contribution is 7.80. The zero-order chi connectivity index (χ0) is 16.4. The summed E-state index contributed by atoms with van der Waals surface area (Å²) in [5.74, 6) is -1.07. The quantitative estimate of drug-likeness (QED) is 0.676. The molecule has 0 aliphatic rings. The topological polar surface area (TPSA) is 35.2 Å². The van der Waals surface area contributed by atoms with E-state index in [1.165, 1.54) is 6.07 Å². The monoisotopic (exact) mass is 335 g/mol. The highest BCUT2D eigenvalue weighted by Gasteiger charge is 2.57. The number of benzene rings is 1. The maximum atomic E-state index is 13.5. The highest BCUT2D eigenvalue weighted by Crippen LogP contribution is 2.36. The van der Waals surface area contributed by atoms with Crippen molar-refractivity contribution in [3.63, 3.8) is 0 Å². The summed E-state index contributed by atoms with van der Waals surface area (Å²) in [6, 6.07) is 2.92. The Bertz CT molecular complexity index is 512. The summed E-state index contributed by atoms with van der Waals surface area (Å²) in [5, 5.41) is 0. The van der Waals surface area contributed by atoms with Gasteiger partial charge in [0.05, 0.1) is 6.61 Å². The molecule has 1 rings (SSSR count). The van der Waals surface area contributed by atoms with Crippen LogP contribution in [0.15, 0.2) is 18.2 Å². The van der Waals surface area contributed by atoms with Crippen LogP contribution in [-0.2, 0) is 11.3 Å². The summed E-state index contributed by atoms with van der Waals surface area (Å²) >= 11 is 4.55. The Balaban J connectivity index is 2.89. The molecule has 0 bridgehead atoms. The van der Waals surface area contributed by atoms with Gasteiger partial charge in [-0.25, -0.2) is 4.39 Å². The van der Waals surface area contributed by atoms with Crippen molar-refractivity contribution in [1.82, 2.24) is 0 Å². The van der Waals surface area contributed by atoms with Gasteiger partial charge >= 0.3 is 12.4 Å². The number of halogens is 7. The van der Waals surface area contributed by atoms with Crippen molar-refractivity contribution < 1.29 is 35.5 Å². The highest BCUT2D eigenvalue weighted by atomic mass is 32.1. The van der Waals surface area contributed by atoms with Crippen molar-refractivity contribution in [1.29, 1.82) is 0 Å². The van der Waals surface area contributed by atoms with Gasteiger partial charge in [-0.05, 0) is 6.07 Å². The molecule has 0 fully saturated rings. The molecule has 0 saturated heterocycles. The molecule has 0 aliphatic heterocycles. The smallest absolute Gasteiger partial charge is 0.389 e. The molecule has 0 aromatic heterocycles. The fourth-order valence-corrected chi connectivity index (χ4v) is 1.49. The van der Waals surface area contributed by atoms with Gasteiger partial charge in [-0.3, -0.25) is 0 Å². The molecule has 0 saturated carbocycles. The average molecular weight is 335 g/mol. The second kappa shape index (κ2) is 6.14. The minimum absolute atomic E-state index is 0.0921. The number of nitrogens with two attached hydrogens (primary N) is 1. The lowest BCUT2D eigenvalue weighted by Gasteiger charge is -2.23. The zero-order valence-electron chi connectivity index (χ0n) is 10.1. The predicted molar refractivity (Wildman–Crippen MR) is 63.0 cm³/mol. The standard InChI is InChI=1S/C11H8F7NOS/c12-7-3-5(8(19)21)1-2-6(7)4-20-9(10(13,14)15)11(16,17)18/h1-3,9H,4H2,(H2,19,21). The molecule has 1 aromatic rings. The van der Waals surface area contributed by atoms with Gasteiger partial charge in [-0.2, -0.15) is 26.3 Å². The summed E-state index contributed by atoms with van der Waals surface area (Å²) in [7, 11) is 0. The van der Waals surface area contributed by atoms with Gasteiger partial charge in [-0.1, -0.05) is 24.4 Å². The summed E-state index contributed by atoms with van der Waals surface area (Å²) in [6.45, 7) is -1.20. The van der Waals surface area contributed by atoms with E-state index in [1.807, 2.05) is 0 Å². The van der Waals surface area contributed by atoms with Crippen molar-refractivity contribution in [2.45, 2.75) is 25.1 Å². The number of hydrogen-bond donors (Lipinski definition) is 1. The molecular weight excluding hydrogens is 327 g/mol. The van der Waals surface area contributed by atoms with Crippen LogP contribution in [0.2, 0.25) is 0 Å². The first-order valence-electron chi connectivity index (χ1n) is 5.26. The lowest BCUT2D eigenvalue weighted by Crippen LogP contribution is -2.44. The third-order valence-corrected chi connectivity index (χ3v) is 2.57. The van der Waals surface area contributed by atoms with Crippen LogP contribution in [-0.4, -0.2) is 23.4 Å². The Morgan fingerprint density at radius 3 is 2.05 bits per heavy atom. The van der Waals surface area contributed by atoms with Gasteiger partial charge in [-0.15, -0.1) is 0 Å². The number of rotatable bonds is 4. The van der Waals surface area contributed by atoms with Gasteiger partial charge < -0.3 is 10.5 Å². The molecule has 0 radical (unpaired) electrons. The fourth-order valence-electron chi connectivity index (χ4n) is 1.37. The van der Waals surface area contributed by atoms with E-state index in [9.17, 15) is 30.7 Å². The maximum absolute atomic E-state index is 13.5. The lowest BCUT2D eigenvalue weighted by molar-refractivity contribution is -0.324. The van der Waals surface area contributed by atoms with Crippen LogP contribution in [0.5, 0.6) is 0 Å². The Morgan fingerprint density at radius 2 is 1.67 bits per heavy atom. The van der Waals surface area contributed by atoms with Gasteiger partial charge in [0.25, 0.3) is 0 Å². The number of ether oxygens (including phenoxy) is 1. The third-order valence-electron chi connectivity index (χ3n) is 2.34. The summed E-state index contributed by atoms with van der Waals surface area (Å²) in [6.07, 6.45) is -15.3. The van der Waals surface area contributed by atoms with Crippen LogP contribution < -0.4 is 5.73 Å². The van der Waals surface area contributed by atoms with Gasteiger partial charge in [0, 0.05) is 11.1 Å². The molecule has 0 atom stereocenters. The van der Waals surface area contributed by atoms with E-state index in [4.69, 9.17) is 5.73 Å².